The maximum Gasteiger partial charge on any atom is 0.224 e. The highest BCUT2D eigenvalue weighted by Crippen LogP contribution is 2.20. The van der Waals surface area contributed by atoms with E-state index in [9.17, 15) is 19.8 Å². The number of aromatic nitrogens is 1. The molecule has 8 heteroatoms. The second-order valence-corrected chi connectivity index (χ2v) is 11.2. The van der Waals surface area contributed by atoms with Crippen LogP contribution in [0.25, 0.3) is 0 Å². The van der Waals surface area contributed by atoms with Crippen molar-refractivity contribution in [3.05, 3.63) is 60.4 Å². The number of nitrogens with zero attached hydrogens (tertiary/aromatic N) is 1. The fourth-order valence-corrected chi connectivity index (χ4v) is 5.01. The first-order chi connectivity index (χ1) is 20.0. The maximum absolute atomic E-state index is 12.4. The lowest BCUT2D eigenvalue weighted by atomic mass is 10.0. The summed E-state index contributed by atoms with van der Waals surface area (Å²) < 4.78 is 2.14. The van der Waals surface area contributed by atoms with Gasteiger partial charge in [0.25, 0.3) is 0 Å². The van der Waals surface area contributed by atoms with Gasteiger partial charge >= 0.3 is 0 Å². The van der Waals surface area contributed by atoms with Gasteiger partial charge in [0.2, 0.25) is 11.8 Å². The first-order valence-electron chi connectivity index (χ1n) is 16.0. The predicted molar refractivity (Wildman–Crippen MR) is 165 cm³/mol. The van der Waals surface area contributed by atoms with Crippen molar-refractivity contribution in [2.45, 2.75) is 128 Å². The van der Waals surface area contributed by atoms with Crippen LogP contribution in [0.1, 0.15) is 121 Å². The number of aliphatic hydroxyl groups excluding tert-OH is 2. The van der Waals surface area contributed by atoms with E-state index in [4.69, 9.17) is 0 Å². The number of unbranched alkanes of at least 4 members (excludes halogenated alkanes) is 12. The number of nitrogens with one attached hydrogen (secondary N) is 2. The number of aliphatic hydroxyl groups is 2. The Morgan fingerprint density at radius 1 is 0.738 bits per heavy atom. The third-order valence-corrected chi connectivity index (χ3v) is 7.57. The Labute approximate surface area is 264 Å². The lowest BCUT2D eigenvalue weighted by Gasteiger charge is -2.23. The summed E-state index contributed by atoms with van der Waals surface area (Å²) in [4.78, 5) is 24.7. The van der Waals surface area contributed by atoms with Gasteiger partial charge in [-0.1, -0.05) is 89.3 Å². The Balaban J connectivity index is 0.00000882. The quantitative estimate of drug-likeness (QED) is 0.110. The molecular formula is C34H54BrN3O4. The van der Waals surface area contributed by atoms with Crippen molar-refractivity contribution >= 4 is 17.5 Å². The third-order valence-electron chi connectivity index (χ3n) is 7.57. The van der Waals surface area contributed by atoms with Crippen molar-refractivity contribution in [3.63, 3.8) is 0 Å². The van der Waals surface area contributed by atoms with E-state index in [1.807, 2.05) is 30.6 Å². The minimum Gasteiger partial charge on any atom is -1.00 e. The molecule has 42 heavy (non-hydrogen) atoms. The van der Waals surface area contributed by atoms with E-state index in [0.717, 1.165) is 45.1 Å². The molecule has 236 valence electrons. The van der Waals surface area contributed by atoms with Gasteiger partial charge in [-0.15, -0.1) is 0 Å². The van der Waals surface area contributed by atoms with Crippen LogP contribution < -0.4 is 32.2 Å². The molecule has 0 bridgehead atoms. The number of carbonyl (C=O) groups excluding carboxylic acids is 2. The fraction of sp³-hybridized carbons (Fsp3) is 0.618. The first-order valence-corrected chi connectivity index (χ1v) is 16.0. The van der Waals surface area contributed by atoms with E-state index < -0.39 is 12.1 Å². The van der Waals surface area contributed by atoms with Gasteiger partial charge in [0.15, 0.2) is 12.4 Å². The standard InChI is InChI=1S/C34H53N3O4.BrH/c1-2-3-4-5-6-7-8-9-10-11-14-20-33(40)36-31(28-38)34(41)29-21-23-30(24-22-29)35-32(39)19-15-12-16-25-37-26-17-13-18-27-37;/h13,17-18,21-24,26-27,31,34,38,41H,2-12,14-16,19-20,25,28H2,1H3,(H-,35,36,39,40);1H/t31-,34-;/m1./s1. The first kappa shape index (κ1) is 37.7. The molecule has 0 fully saturated rings. The number of rotatable bonds is 23. The highest BCUT2D eigenvalue weighted by Gasteiger charge is 2.22. The van der Waals surface area contributed by atoms with Crippen LogP contribution >= 0.6 is 0 Å². The highest BCUT2D eigenvalue weighted by atomic mass is 79.9. The van der Waals surface area contributed by atoms with Gasteiger partial charge in [0, 0.05) is 37.1 Å². The number of amides is 2. The zero-order valence-electron chi connectivity index (χ0n) is 25.6. The van der Waals surface area contributed by atoms with Gasteiger partial charge in [-0.2, -0.15) is 0 Å². The lowest BCUT2D eigenvalue weighted by Crippen LogP contribution is -3.00. The maximum atomic E-state index is 12.4. The average Bonchev–Trinajstić information content (AvgIpc) is 2.99. The molecule has 0 radical (unpaired) electrons. The van der Waals surface area contributed by atoms with Gasteiger partial charge < -0.3 is 37.8 Å². The van der Waals surface area contributed by atoms with Gasteiger partial charge in [0.05, 0.1) is 12.6 Å². The van der Waals surface area contributed by atoms with E-state index in [0.29, 0.717) is 24.1 Å². The molecule has 0 aliphatic carbocycles. The molecule has 2 atom stereocenters. The molecule has 0 unspecified atom stereocenters. The van der Waals surface area contributed by atoms with Crippen molar-refractivity contribution in [2.75, 3.05) is 11.9 Å². The van der Waals surface area contributed by atoms with Crippen LogP contribution in [0, 0.1) is 0 Å². The molecule has 7 nitrogen and oxygen atoms in total. The van der Waals surface area contributed by atoms with Crippen LogP contribution in [0.15, 0.2) is 54.9 Å². The number of pyridine rings is 1. The van der Waals surface area contributed by atoms with Crippen molar-refractivity contribution in [2.24, 2.45) is 0 Å². The Morgan fingerprint density at radius 3 is 1.83 bits per heavy atom. The number of benzene rings is 1. The Kier molecular flexibility index (Phi) is 21.7. The summed E-state index contributed by atoms with van der Waals surface area (Å²) in [7, 11) is 0. The summed E-state index contributed by atoms with van der Waals surface area (Å²) in [6.07, 6.45) is 20.2. The number of aryl methyl sites for hydroxylation is 1. The normalized spacial score (nSPS) is 12.3. The van der Waals surface area contributed by atoms with E-state index in [1.165, 1.54) is 51.4 Å². The number of anilines is 1. The van der Waals surface area contributed by atoms with Crippen molar-refractivity contribution < 1.29 is 41.4 Å². The molecule has 2 aromatic rings. The minimum atomic E-state index is -1.03. The van der Waals surface area contributed by atoms with E-state index in [2.05, 4.69) is 22.1 Å². The van der Waals surface area contributed by atoms with Gasteiger partial charge in [0.1, 0.15) is 12.6 Å². The second-order valence-electron chi connectivity index (χ2n) is 11.2. The van der Waals surface area contributed by atoms with Crippen molar-refractivity contribution in [1.29, 1.82) is 0 Å². The average molecular weight is 649 g/mol. The molecule has 2 rings (SSSR count). The van der Waals surface area contributed by atoms with Crippen molar-refractivity contribution in [3.8, 4) is 0 Å². The van der Waals surface area contributed by atoms with E-state index in [-0.39, 0.29) is 35.4 Å². The zero-order valence-corrected chi connectivity index (χ0v) is 27.2. The third kappa shape index (κ3) is 17.0. The molecule has 0 aliphatic heterocycles. The number of carbonyl (C=O) groups is 2. The number of hydrogen-bond donors (Lipinski definition) is 4. The summed E-state index contributed by atoms with van der Waals surface area (Å²) in [5.74, 6) is -0.182. The van der Waals surface area contributed by atoms with Gasteiger partial charge in [-0.3, -0.25) is 9.59 Å². The summed E-state index contributed by atoms with van der Waals surface area (Å²) in [5.41, 5.74) is 1.24. The molecule has 0 saturated heterocycles. The second kappa shape index (κ2) is 24.2. The molecule has 0 saturated carbocycles. The van der Waals surface area contributed by atoms with E-state index in [1.54, 1.807) is 24.3 Å². The number of halogens is 1. The summed E-state index contributed by atoms with van der Waals surface area (Å²) in [6.45, 7) is 2.83. The Morgan fingerprint density at radius 2 is 1.26 bits per heavy atom. The van der Waals surface area contributed by atoms with Gasteiger partial charge in [-0.25, -0.2) is 4.57 Å². The zero-order chi connectivity index (χ0) is 29.5. The molecule has 0 aliphatic rings. The predicted octanol–water partition coefficient (Wildman–Crippen LogP) is 3.39. The van der Waals surface area contributed by atoms with Gasteiger partial charge in [-0.05, 0) is 37.0 Å². The van der Waals surface area contributed by atoms with E-state index >= 15 is 0 Å². The minimum absolute atomic E-state index is 0. The van der Waals surface area contributed by atoms with Crippen molar-refractivity contribution in [1.82, 2.24) is 5.32 Å². The lowest BCUT2D eigenvalue weighted by molar-refractivity contribution is -0.697. The van der Waals surface area contributed by atoms with Crippen LogP contribution in [0.3, 0.4) is 0 Å². The highest BCUT2D eigenvalue weighted by molar-refractivity contribution is 5.90. The molecule has 1 aromatic carbocycles. The molecular weight excluding hydrogens is 594 g/mol. The fourth-order valence-electron chi connectivity index (χ4n) is 5.01. The molecule has 2 amide bonds. The molecule has 1 aromatic heterocycles. The van der Waals surface area contributed by atoms with Crippen LogP contribution in [0.2, 0.25) is 0 Å². The topological polar surface area (TPSA) is 103 Å². The monoisotopic (exact) mass is 647 g/mol. The largest absolute Gasteiger partial charge is 1.00 e. The molecule has 4 N–H and O–H groups in total. The number of hydrogen-bond acceptors (Lipinski definition) is 4. The summed E-state index contributed by atoms with van der Waals surface area (Å²) >= 11 is 0. The van der Waals surface area contributed by atoms with Crippen LogP contribution in [-0.2, 0) is 16.1 Å². The molecule has 1 heterocycles. The Hall–Kier alpha value is -2.29. The Bertz CT molecular complexity index is 959. The smallest absolute Gasteiger partial charge is 0.224 e. The van der Waals surface area contributed by atoms with Crippen LogP contribution in [-0.4, -0.2) is 34.7 Å². The molecule has 0 spiro atoms. The van der Waals surface area contributed by atoms with Crippen LogP contribution in [0.5, 0.6) is 0 Å². The van der Waals surface area contributed by atoms with Crippen LogP contribution in [0.4, 0.5) is 5.69 Å². The summed E-state index contributed by atoms with van der Waals surface area (Å²) in [6, 6.07) is 12.2. The SMILES string of the molecule is CCCCCCCCCCCCCC(=O)N[C@H](CO)[C@H](O)c1ccc(NC(=O)CCCCC[n+]2ccccc2)cc1.[Br-]. The summed E-state index contributed by atoms with van der Waals surface area (Å²) in [5, 5.41) is 26.2.